The highest BCUT2D eigenvalue weighted by molar-refractivity contribution is 9.10. The van der Waals surface area contributed by atoms with Gasteiger partial charge in [0, 0.05) is 29.0 Å². The lowest BCUT2D eigenvalue weighted by Gasteiger charge is -2.13. The highest BCUT2D eigenvalue weighted by Crippen LogP contribution is 2.28. The van der Waals surface area contributed by atoms with Crippen molar-refractivity contribution in [1.82, 2.24) is 9.78 Å². The Hall–Kier alpha value is -0.360. The summed E-state index contributed by atoms with van der Waals surface area (Å²) in [7, 11) is 1.94. The predicted octanol–water partition coefficient (Wildman–Crippen LogP) is 4.40. The number of rotatable bonds is 4. The summed E-state index contributed by atoms with van der Waals surface area (Å²) in [4.78, 5) is 0. The Bertz CT molecular complexity index is 605. The Morgan fingerprint density at radius 1 is 1.35 bits per heavy atom. The summed E-state index contributed by atoms with van der Waals surface area (Å²) in [5, 5.41) is 5.17. The van der Waals surface area contributed by atoms with Crippen molar-refractivity contribution in [3.05, 3.63) is 49.1 Å². The fourth-order valence-corrected chi connectivity index (χ4v) is 3.82. The zero-order valence-corrected chi connectivity index (χ0v) is 15.3. The van der Waals surface area contributed by atoms with E-state index in [1.165, 1.54) is 0 Å². The maximum Gasteiger partial charge on any atom is 0.0766 e. The maximum absolute atomic E-state index is 6.31. The Morgan fingerprint density at radius 3 is 2.60 bits per heavy atom. The molecule has 2 rings (SSSR count). The molecule has 2 N–H and O–H groups in total. The summed E-state index contributed by atoms with van der Waals surface area (Å²) < 4.78 is 3.88. The molecule has 1 aromatic heterocycles. The molecule has 6 heteroatoms. The van der Waals surface area contributed by atoms with Gasteiger partial charge >= 0.3 is 0 Å². The van der Waals surface area contributed by atoms with Gasteiger partial charge in [-0.3, -0.25) is 4.68 Å². The molecule has 0 fully saturated rings. The van der Waals surface area contributed by atoms with Crippen LogP contribution in [0.1, 0.15) is 29.9 Å². The minimum atomic E-state index is -0.124. The van der Waals surface area contributed by atoms with Crippen LogP contribution >= 0.6 is 43.5 Å². The van der Waals surface area contributed by atoms with Crippen LogP contribution in [0.4, 0.5) is 0 Å². The van der Waals surface area contributed by atoms with E-state index in [0.717, 1.165) is 32.3 Å². The molecule has 3 nitrogen and oxygen atoms in total. The first-order valence-corrected chi connectivity index (χ1v) is 8.30. The standard InChI is InChI=1S/C14H16Br2ClN3/c1-3-12-14(16)13(20(2)19-12)7-11(18)8-4-9(15)6-10(17)5-8/h4-6,11H,3,7,18H2,1-2H3. The molecule has 1 atom stereocenters. The maximum atomic E-state index is 6.31. The molecule has 2 aromatic rings. The van der Waals surface area contributed by atoms with E-state index < -0.39 is 0 Å². The molecular weight excluding hydrogens is 405 g/mol. The predicted molar refractivity (Wildman–Crippen MR) is 90.1 cm³/mol. The summed E-state index contributed by atoms with van der Waals surface area (Å²) in [6.45, 7) is 2.09. The second kappa shape index (κ2) is 6.60. The number of hydrogen-bond donors (Lipinski definition) is 1. The van der Waals surface area contributed by atoms with E-state index in [1.807, 2.05) is 29.9 Å². The molecule has 20 heavy (non-hydrogen) atoms. The second-order valence-electron chi connectivity index (χ2n) is 4.70. The Labute approximate surface area is 140 Å². The van der Waals surface area contributed by atoms with Crippen molar-refractivity contribution in [2.24, 2.45) is 12.8 Å². The van der Waals surface area contributed by atoms with E-state index in [0.29, 0.717) is 11.4 Å². The molecule has 0 saturated heterocycles. The van der Waals surface area contributed by atoms with Crippen molar-refractivity contribution in [3.8, 4) is 0 Å². The van der Waals surface area contributed by atoms with Crippen LogP contribution in [0, 0.1) is 0 Å². The van der Waals surface area contributed by atoms with Crippen molar-refractivity contribution in [2.75, 3.05) is 0 Å². The molecule has 1 heterocycles. The molecule has 0 spiro atoms. The number of nitrogens with two attached hydrogens (primary N) is 1. The molecule has 108 valence electrons. The van der Waals surface area contributed by atoms with Crippen LogP contribution in [0.2, 0.25) is 5.02 Å². The number of hydrogen-bond acceptors (Lipinski definition) is 2. The first kappa shape index (κ1) is 16.0. The van der Waals surface area contributed by atoms with Gasteiger partial charge in [0.2, 0.25) is 0 Å². The average Bonchev–Trinajstić information content (AvgIpc) is 2.65. The number of nitrogens with zero attached hydrogens (tertiary/aromatic N) is 2. The van der Waals surface area contributed by atoms with Crippen molar-refractivity contribution in [3.63, 3.8) is 0 Å². The van der Waals surface area contributed by atoms with E-state index in [-0.39, 0.29) is 6.04 Å². The van der Waals surface area contributed by atoms with E-state index in [1.54, 1.807) is 0 Å². The van der Waals surface area contributed by atoms with Gasteiger partial charge in [0.1, 0.15) is 0 Å². The summed E-state index contributed by atoms with van der Waals surface area (Å²) in [6, 6.07) is 5.64. The summed E-state index contributed by atoms with van der Waals surface area (Å²) in [5.74, 6) is 0. The summed E-state index contributed by atoms with van der Waals surface area (Å²) in [6.07, 6.45) is 1.60. The number of benzene rings is 1. The molecule has 0 aliphatic rings. The van der Waals surface area contributed by atoms with E-state index in [4.69, 9.17) is 17.3 Å². The van der Waals surface area contributed by atoms with Gasteiger partial charge < -0.3 is 5.73 Å². The van der Waals surface area contributed by atoms with E-state index in [9.17, 15) is 0 Å². The monoisotopic (exact) mass is 419 g/mol. The fourth-order valence-electron chi connectivity index (χ4n) is 2.16. The molecule has 0 aliphatic heterocycles. The molecule has 1 aromatic carbocycles. The normalized spacial score (nSPS) is 12.7. The quantitative estimate of drug-likeness (QED) is 0.795. The zero-order valence-electron chi connectivity index (χ0n) is 11.3. The number of halogens is 3. The van der Waals surface area contributed by atoms with Crippen LogP contribution in [-0.4, -0.2) is 9.78 Å². The Balaban J connectivity index is 2.27. The Kier molecular flexibility index (Phi) is 5.29. The van der Waals surface area contributed by atoms with Gasteiger partial charge in [-0.2, -0.15) is 5.10 Å². The van der Waals surface area contributed by atoms with Gasteiger partial charge in [-0.05, 0) is 46.1 Å². The van der Waals surface area contributed by atoms with Crippen LogP contribution < -0.4 is 5.73 Å². The smallest absolute Gasteiger partial charge is 0.0766 e. The minimum Gasteiger partial charge on any atom is -0.324 e. The van der Waals surface area contributed by atoms with Crippen LogP contribution in [0.5, 0.6) is 0 Å². The topological polar surface area (TPSA) is 43.8 Å². The van der Waals surface area contributed by atoms with Crippen LogP contribution in [0.15, 0.2) is 27.1 Å². The second-order valence-corrected chi connectivity index (χ2v) is 6.84. The first-order chi connectivity index (χ1) is 9.42. The zero-order chi connectivity index (χ0) is 14.9. The molecule has 0 bridgehead atoms. The fraction of sp³-hybridized carbons (Fsp3) is 0.357. The number of aromatic nitrogens is 2. The Morgan fingerprint density at radius 2 is 2.05 bits per heavy atom. The molecule has 0 radical (unpaired) electrons. The van der Waals surface area contributed by atoms with Crippen LogP contribution in [0.3, 0.4) is 0 Å². The first-order valence-electron chi connectivity index (χ1n) is 6.34. The van der Waals surface area contributed by atoms with Gasteiger partial charge in [0.25, 0.3) is 0 Å². The lowest BCUT2D eigenvalue weighted by Crippen LogP contribution is -2.15. The lowest BCUT2D eigenvalue weighted by molar-refractivity contribution is 0.637. The highest BCUT2D eigenvalue weighted by Gasteiger charge is 2.17. The van der Waals surface area contributed by atoms with Crippen molar-refractivity contribution < 1.29 is 0 Å². The summed E-state index contributed by atoms with van der Waals surface area (Å²) >= 11 is 13.1. The average molecular weight is 422 g/mol. The van der Waals surface area contributed by atoms with E-state index >= 15 is 0 Å². The van der Waals surface area contributed by atoms with Gasteiger partial charge in [-0.15, -0.1) is 0 Å². The summed E-state index contributed by atoms with van der Waals surface area (Å²) in [5.41, 5.74) is 9.48. The molecular formula is C14H16Br2ClN3. The van der Waals surface area contributed by atoms with Crippen molar-refractivity contribution in [1.29, 1.82) is 0 Å². The highest BCUT2D eigenvalue weighted by atomic mass is 79.9. The third kappa shape index (κ3) is 3.45. The molecule has 0 amide bonds. The number of aryl methyl sites for hydroxylation is 2. The third-order valence-corrected chi connectivity index (χ3v) is 4.82. The molecule has 0 aliphatic carbocycles. The van der Waals surface area contributed by atoms with Crippen molar-refractivity contribution in [2.45, 2.75) is 25.8 Å². The van der Waals surface area contributed by atoms with Gasteiger partial charge in [-0.1, -0.05) is 34.5 Å². The molecule has 1 unspecified atom stereocenters. The van der Waals surface area contributed by atoms with Crippen molar-refractivity contribution >= 4 is 43.5 Å². The van der Waals surface area contributed by atoms with E-state index in [2.05, 4.69) is 43.9 Å². The lowest BCUT2D eigenvalue weighted by atomic mass is 10.0. The largest absolute Gasteiger partial charge is 0.324 e. The SMILES string of the molecule is CCc1nn(C)c(CC(N)c2cc(Cl)cc(Br)c2)c1Br. The molecule has 0 saturated carbocycles. The van der Waals surface area contributed by atoms with Gasteiger partial charge in [-0.25, -0.2) is 0 Å². The van der Waals surface area contributed by atoms with Gasteiger partial charge in [0.15, 0.2) is 0 Å². The van der Waals surface area contributed by atoms with Crippen LogP contribution in [-0.2, 0) is 19.9 Å². The third-order valence-electron chi connectivity index (χ3n) is 3.23. The van der Waals surface area contributed by atoms with Crippen LogP contribution in [0.25, 0.3) is 0 Å². The minimum absolute atomic E-state index is 0.124. The van der Waals surface area contributed by atoms with Gasteiger partial charge in [0.05, 0.1) is 15.9 Å².